The molecule has 0 amide bonds. The molecule has 6 nitrogen and oxygen atoms in total. The molecule has 0 radical (unpaired) electrons. The van der Waals surface area contributed by atoms with Crippen LogP contribution in [-0.4, -0.2) is 64.3 Å². The van der Waals surface area contributed by atoms with Crippen molar-refractivity contribution in [2.24, 2.45) is 4.99 Å². The van der Waals surface area contributed by atoms with Crippen molar-refractivity contribution in [1.29, 1.82) is 0 Å². The summed E-state index contributed by atoms with van der Waals surface area (Å²) < 4.78 is 5.73. The predicted molar refractivity (Wildman–Crippen MR) is 125 cm³/mol. The van der Waals surface area contributed by atoms with Crippen LogP contribution in [0.1, 0.15) is 11.1 Å². The molecular formula is C23H32ClN5O. The summed E-state index contributed by atoms with van der Waals surface area (Å²) in [5, 5.41) is 7.46. The Morgan fingerprint density at radius 2 is 1.80 bits per heavy atom. The monoisotopic (exact) mass is 429 g/mol. The molecule has 7 heteroatoms. The number of nitrogens with zero attached hydrogens (tertiary/aromatic N) is 3. The summed E-state index contributed by atoms with van der Waals surface area (Å²) in [5.74, 6) is 0.738. The Hall–Kier alpha value is -2.28. The van der Waals surface area contributed by atoms with Gasteiger partial charge in [-0.15, -0.1) is 0 Å². The molecule has 0 aromatic heterocycles. The molecule has 2 N–H and O–H groups in total. The van der Waals surface area contributed by atoms with Crippen LogP contribution in [0.15, 0.2) is 53.5 Å². The van der Waals surface area contributed by atoms with Crippen LogP contribution in [0.3, 0.4) is 0 Å². The summed E-state index contributed by atoms with van der Waals surface area (Å²) in [5.41, 5.74) is 3.48. The summed E-state index contributed by atoms with van der Waals surface area (Å²) in [6.45, 7) is 6.66. The molecule has 0 unspecified atom stereocenters. The SMILES string of the molecule is CN=C(NCCOCc1ccccc1)NCc1c(Cl)cccc1N1CCN(C)CC1. The zero-order valence-corrected chi connectivity index (χ0v) is 18.7. The highest BCUT2D eigenvalue weighted by molar-refractivity contribution is 6.31. The average molecular weight is 430 g/mol. The van der Waals surface area contributed by atoms with E-state index in [9.17, 15) is 0 Å². The predicted octanol–water partition coefficient (Wildman–Crippen LogP) is 2.97. The highest BCUT2D eigenvalue weighted by Gasteiger charge is 2.18. The summed E-state index contributed by atoms with van der Waals surface area (Å²) in [6.07, 6.45) is 0. The molecule has 162 valence electrons. The van der Waals surface area contributed by atoms with Crippen LogP contribution < -0.4 is 15.5 Å². The van der Waals surface area contributed by atoms with E-state index in [2.05, 4.69) is 50.7 Å². The molecular weight excluding hydrogens is 398 g/mol. The van der Waals surface area contributed by atoms with Crippen LogP contribution in [0.25, 0.3) is 0 Å². The fourth-order valence-electron chi connectivity index (χ4n) is 3.46. The van der Waals surface area contributed by atoms with Crippen molar-refractivity contribution in [2.75, 3.05) is 58.3 Å². The number of ether oxygens (including phenoxy) is 1. The fourth-order valence-corrected chi connectivity index (χ4v) is 3.70. The van der Waals surface area contributed by atoms with Crippen molar-refractivity contribution in [3.05, 3.63) is 64.7 Å². The molecule has 1 aliphatic rings. The normalized spacial score (nSPS) is 15.3. The number of halogens is 1. The first-order valence-electron chi connectivity index (χ1n) is 10.4. The Kier molecular flexibility index (Phi) is 8.81. The first-order chi connectivity index (χ1) is 14.7. The fraction of sp³-hybridized carbons (Fsp3) is 0.435. The summed E-state index contributed by atoms with van der Waals surface area (Å²) >= 11 is 6.55. The lowest BCUT2D eigenvalue weighted by molar-refractivity contribution is 0.125. The second kappa shape index (κ2) is 11.8. The number of hydrogen-bond acceptors (Lipinski definition) is 4. The van der Waals surface area contributed by atoms with E-state index in [1.807, 2.05) is 30.3 Å². The molecule has 1 aliphatic heterocycles. The van der Waals surface area contributed by atoms with Gasteiger partial charge in [0.05, 0.1) is 13.2 Å². The van der Waals surface area contributed by atoms with Crippen molar-refractivity contribution in [2.45, 2.75) is 13.2 Å². The number of aliphatic imine (C=N–C) groups is 1. The number of guanidine groups is 1. The van der Waals surface area contributed by atoms with Crippen LogP contribution in [-0.2, 0) is 17.9 Å². The maximum atomic E-state index is 6.55. The molecule has 0 aliphatic carbocycles. The van der Waals surface area contributed by atoms with E-state index in [-0.39, 0.29) is 0 Å². The Labute approximate surface area is 184 Å². The van der Waals surface area contributed by atoms with Gasteiger partial charge in [-0.25, -0.2) is 0 Å². The number of likely N-dealkylation sites (N-methyl/N-ethyl adjacent to an activating group) is 1. The van der Waals surface area contributed by atoms with Gasteiger partial charge in [0.25, 0.3) is 0 Å². The Balaban J connectivity index is 1.47. The summed E-state index contributed by atoms with van der Waals surface area (Å²) in [6, 6.07) is 16.3. The van der Waals surface area contributed by atoms with Crippen LogP contribution in [0.5, 0.6) is 0 Å². The van der Waals surface area contributed by atoms with Crippen LogP contribution in [0, 0.1) is 0 Å². The maximum Gasteiger partial charge on any atom is 0.191 e. The quantitative estimate of drug-likeness (QED) is 0.384. The molecule has 0 atom stereocenters. The van der Waals surface area contributed by atoms with E-state index in [4.69, 9.17) is 16.3 Å². The van der Waals surface area contributed by atoms with Gasteiger partial charge in [0, 0.05) is 62.6 Å². The molecule has 0 saturated carbocycles. The molecule has 1 fully saturated rings. The Morgan fingerprint density at radius 3 is 2.53 bits per heavy atom. The van der Waals surface area contributed by atoms with Gasteiger partial charge in [0.1, 0.15) is 0 Å². The lowest BCUT2D eigenvalue weighted by atomic mass is 10.1. The van der Waals surface area contributed by atoms with Crippen LogP contribution in [0.2, 0.25) is 5.02 Å². The standard InChI is InChI=1S/C23H32ClN5O/c1-25-23(26-11-16-30-18-19-7-4-3-5-8-19)27-17-20-21(24)9-6-10-22(20)29-14-12-28(2)13-15-29/h3-10H,11-18H2,1-2H3,(H2,25,26,27). The van der Waals surface area contributed by atoms with Crippen molar-refractivity contribution in [3.63, 3.8) is 0 Å². The highest BCUT2D eigenvalue weighted by atomic mass is 35.5. The third-order valence-corrected chi connectivity index (χ3v) is 5.60. The molecule has 0 spiro atoms. The van der Waals surface area contributed by atoms with Gasteiger partial charge < -0.3 is 25.2 Å². The number of rotatable bonds is 8. The van der Waals surface area contributed by atoms with E-state index in [1.165, 1.54) is 11.3 Å². The smallest absolute Gasteiger partial charge is 0.191 e. The minimum absolute atomic E-state index is 0.605. The zero-order chi connectivity index (χ0) is 21.2. The molecule has 30 heavy (non-hydrogen) atoms. The number of piperazine rings is 1. The number of benzene rings is 2. The van der Waals surface area contributed by atoms with Gasteiger partial charge in [0.15, 0.2) is 5.96 Å². The molecule has 0 bridgehead atoms. The first kappa shape index (κ1) is 22.4. The minimum atomic E-state index is 0.605. The minimum Gasteiger partial charge on any atom is -0.375 e. The van der Waals surface area contributed by atoms with Crippen molar-refractivity contribution in [1.82, 2.24) is 15.5 Å². The lowest BCUT2D eigenvalue weighted by Crippen LogP contribution is -2.45. The molecule has 2 aromatic rings. The van der Waals surface area contributed by atoms with Gasteiger partial charge in [-0.05, 0) is 24.7 Å². The van der Waals surface area contributed by atoms with E-state index < -0.39 is 0 Å². The largest absolute Gasteiger partial charge is 0.375 e. The lowest BCUT2D eigenvalue weighted by Gasteiger charge is -2.35. The first-order valence-corrected chi connectivity index (χ1v) is 10.8. The Morgan fingerprint density at radius 1 is 1.03 bits per heavy atom. The van der Waals surface area contributed by atoms with Gasteiger partial charge in [0.2, 0.25) is 0 Å². The van der Waals surface area contributed by atoms with Gasteiger partial charge in [-0.2, -0.15) is 0 Å². The molecule has 1 heterocycles. The second-order valence-corrected chi connectivity index (χ2v) is 7.83. The number of anilines is 1. The molecule has 3 rings (SSSR count). The van der Waals surface area contributed by atoms with Crippen molar-refractivity contribution in [3.8, 4) is 0 Å². The van der Waals surface area contributed by atoms with Crippen LogP contribution in [0.4, 0.5) is 5.69 Å². The third-order valence-electron chi connectivity index (χ3n) is 5.24. The third kappa shape index (κ3) is 6.62. The van der Waals surface area contributed by atoms with Gasteiger partial charge in [-0.1, -0.05) is 48.0 Å². The summed E-state index contributed by atoms with van der Waals surface area (Å²) in [4.78, 5) is 9.08. The van der Waals surface area contributed by atoms with Crippen LogP contribution >= 0.6 is 11.6 Å². The maximum absolute atomic E-state index is 6.55. The molecule has 1 saturated heterocycles. The summed E-state index contributed by atoms with van der Waals surface area (Å²) in [7, 11) is 3.94. The van der Waals surface area contributed by atoms with E-state index in [0.717, 1.165) is 42.7 Å². The second-order valence-electron chi connectivity index (χ2n) is 7.42. The zero-order valence-electron chi connectivity index (χ0n) is 17.9. The van der Waals surface area contributed by atoms with Crippen molar-refractivity contribution < 1.29 is 4.74 Å². The van der Waals surface area contributed by atoms with E-state index >= 15 is 0 Å². The number of hydrogen-bond donors (Lipinski definition) is 2. The highest BCUT2D eigenvalue weighted by Crippen LogP contribution is 2.28. The average Bonchev–Trinajstić information content (AvgIpc) is 2.77. The van der Waals surface area contributed by atoms with Crippen molar-refractivity contribution >= 4 is 23.2 Å². The van der Waals surface area contributed by atoms with E-state index in [1.54, 1.807) is 7.05 Å². The molecule has 2 aromatic carbocycles. The Bertz CT molecular complexity index is 806. The van der Waals surface area contributed by atoms with Gasteiger partial charge in [-0.3, -0.25) is 4.99 Å². The number of nitrogens with one attached hydrogen (secondary N) is 2. The topological polar surface area (TPSA) is 52.1 Å². The van der Waals surface area contributed by atoms with Gasteiger partial charge >= 0.3 is 0 Å². The van der Waals surface area contributed by atoms with E-state index in [0.29, 0.717) is 26.3 Å².